The number of thioether (sulfide) groups is 1. The Labute approximate surface area is 188 Å². The molecule has 1 aliphatic rings. The molecular weight excluding hydrogens is 462 g/mol. The number of hydrogen-bond donors (Lipinski definition) is 0. The number of ether oxygens (including phenoxy) is 1. The predicted molar refractivity (Wildman–Crippen MR) is 127 cm³/mol. The number of benzene rings is 3. The van der Waals surface area contributed by atoms with Gasteiger partial charge in [-0.05, 0) is 41.5 Å². The lowest BCUT2D eigenvalue weighted by atomic mass is 10.0. The summed E-state index contributed by atoms with van der Waals surface area (Å²) in [5.41, 5.74) is 1.89. The molecule has 5 nitrogen and oxygen atoms in total. The summed E-state index contributed by atoms with van der Waals surface area (Å²) < 4.78 is 6.29. The van der Waals surface area contributed by atoms with Gasteiger partial charge < -0.3 is 4.74 Å². The summed E-state index contributed by atoms with van der Waals surface area (Å²) in [4.78, 5) is 14.5. The first-order valence-corrected chi connectivity index (χ1v) is 11.1. The van der Waals surface area contributed by atoms with Gasteiger partial charge in [0.2, 0.25) is 5.91 Å². The second-order valence-corrected chi connectivity index (χ2v) is 9.06. The van der Waals surface area contributed by atoms with Crippen LogP contribution in [0, 0.1) is 0 Å². The number of rotatable bonds is 5. The fourth-order valence-electron chi connectivity index (χ4n) is 3.36. The maximum atomic E-state index is 12.8. The van der Waals surface area contributed by atoms with Gasteiger partial charge in [-0.2, -0.15) is 5.10 Å². The van der Waals surface area contributed by atoms with Gasteiger partial charge in [-0.1, -0.05) is 70.2 Å². The van der Waals surface area contributed by atoms with E-state index in [-0.39, 0.29) is 11.2 Å². The summed E-state index contributed by atoms with van der Waals surface area (Å²) in [6.07, 6.45) is 1.64. The third-order valence-corrected chi connectivity index (χ3v) is 6.43. The van der Waals surface area contributed by atoms with Crippen LogP contribution in [0.3, 0.4) is 0 Å². The van der Waals surface area contributed by atoms with E-state index in [0.29, 0.717) is 17.5 Å². The van der Waals surface area contributed by atoms with E-state index in [1.165, 1.54) is 11.8 Å². The number of fused-ring (bicyclic) bond motifs is 1. The zero-order valence-electron chi connectivity index (χ0n) is 16.6. The summed E-state index contributed by atoms with van der Waals surface area (Å²) >= 11 is 4.88. The molecule has 1 amide bonds. The summed E-state index contributed by atoms with van der Waals surface area (Å²) in [7, 11) is 1.62. The van der Waals surface area contributed by atoms with Crippen LogP contribution in [-0.4, -0.2) is 34.5 Å². The molecule has 1 aliphatic heterocycles. The lowest BCUT2D eigenvalue weighted by Crippen LogP contribution is -2.30. The van der Waals surface area contributed by atoms with Crippen molar-refractivity contribution in [2.24, 2.45) is 10.2 Å². The minimum atomic E-state index is -0.186. The highest BCUT2D eigenvalue weighted by molar-refractivity contribution is 9.10. The number of carbonyl (C=O) groups excluding carboxylic acids is 1. The standard InChI is InChI=1S/C23H20BrN3O2S/c1-15-22(28)27(14-17-8-5-7-16-6-3-4-9-20(16)17)23(30-15)26-25-13-18-12-19(24)10-11-21(18)29-2/h3-13,15H,14H2,1-2H3/b25-13+,26-23-. The van der Waals surface area contributed by atoms with Gasteiger partial charge >= 0.3 is 0 Å². The van der Waals surface area contributed by atoms with E-state index in [4.69, 9.17) is 4.74 Å². The topological polar surface area (TPSA) is 54.3 Å². The van der Waals surface area contributed by atoms with Crippen LogP contribution in [-0.2, 0) is 11.3 Å². The predicted octanol–water partition coefficient (Wildman–Crippen LogP) is 5.46. The monoisotopic (exact) mass is 481 g/mol. The van der Waals surface area contributed by atoms with E-state index in [1.807, 2.05) is 43.3 Å². The second-order valence-electron chi connectivity index (χ2n) is 6.84. The normalized spacial score (nSPS) is 18.1. The molecule has 3 aromatic carbocycles. The Balaban J connectivity index is 1.62. The fraction of sp³-hybridized carbons (Fsp3) is 0.174. The Hall–Kier alpha value is -2.64. The van der Waals surface area contributed by atoms with Crippen LogP contribution < -0.4 is 4.74 Å². The van der Waals surface area contributed by atoms with Crippen molar-refractivity contribution >= 4 is 55.8 Å². The largest absolute Gasteiger partial charge is 0.496 e. The van der Waals surface area contributed by atoms with Gasteiger partial charge in [-0.25, -0.2) is 0 Å². The van der Waals surface area contributed by atoms with Crippen molar-refractivity contribution < 1.29 is 9.53 Å². The summed E-state index contributed by atoms with van der Waals surface area (Å²) in [5, 5.41) is 11.3. The van der Waals surface area contributed by atoms with E-state index in [1.54, 1.807) is 18.2 Å². The van der Waals surface area contributed by atoms with Crippen LogP contribution in [0.1, 0.15) is 18.1 Å². The van der Waals surface area contributed by atoms with E-state index in [2.05, 4.69) is 50.4 Å². The van der Waals surface area contributed by atoms with Crippen LogP contribution in [0.15, 0.2) is 75.3 Å². The van der Waals surface area contributed by atoms with E-state index >= 15 is 0 Å². The highest BCUT2D eigenvalue weighted by atomic mass is 79.9. The molecule has 0 spiro atoms. The molecule has 3 aromatic rings. The zero-order valence-corrected chi connectivity index (χ0v) is 19.0. The van der Waals surface area contributed by atoms with E-state index < -0.39 is 0 Å². The smallest absolute Gasteiger partial charge is 0.242 e. The molecule has 0 saturated carbocycles. The van der Waals surface area contributed by atoms with Crippen LogP contribution in [0.25, 0.3) is 10.8 Å². The van der Waals surface area contributed by atoms with Gasteiger partial charge in [0.15, 0.2) is 5.17 Å². The van der Waals surface area contributed by atoms with Crippen LogP contribution >= 0.6 is 27.7 Å². The molecule has 0 bridgehead atoms. The average Bonchev–Trinajstić information content (AvgIpc) is 3.02. The van der Waals surface area contributed by atoms with Crippen molar-refractivity contribution in [3.8, 4) is 5.75 Å². The van der Waals surface area contributed by atoms with E-state index in [0.717, 1.165) is 26.4 Å². The molecule has 0 radical (unpaired) electrons. The Bertz CT molecular complexity index is 1160. The minimum absolute atomic E-state index is 0.0434. The van der Waals surface area contributed by atoms with Crippen molar-refractivity contribution in [3.05, 3.63) is 76.3 Å². The van der Waals surface area contributed by atoms with Crippen LogP contribution in [0.2, 0.25) is 0 Å². The zero-order chi connectivity index (χ0) is 21.1. The van der Waals surface area contributed by atoms with Crippen LogP contribution in [0.4, 0.5) is 0 Å². The minimum Gasteiger partial charge on any atom is -0.496 e. The number of methoxy groups -OCH3 is 1. The van der Waals surface area contributed by atoms with Crippen LogP contribution in [0.5, 0.6) is 5.75 Å². The Kier molecular flexibility index (Phi) is 6.20. The Morgan fingerprint density at radius 2 is 1.97 bits per heavy atom. The fourth-order valence-corrected chi connectivity index (χ4v) is 4.66. The molecule has 30 heavy (non-hydrogen) atoms. The number of hydrogen-bond acceptors (Lipinski definition) is 5. The lowest BCUT2D eigenvalue weighted by Gasteiger charge is -2.17. The first kappa shape index (κ1) is 20.6. The van der Waals surface area contributed by atoms with Crippen molar-refractivity contribution in [2.45, 2.75) is 18.7 Å². The third-order valence-electron chi connectivity index (χ3n) is 4.87. The molecule has 4 rings (SSSR count). The maximum absolute atomic E-state index is 12.8. The summed E-state index contributed by atoms with van der Waals surface area (Å²) in [5.74, 6) is 0.750. The lowest BCUT2D eigenvalue weighted by molar-refractivity contribution is -0.126. The highest BCUT2D eigenvalue weighted by Gasteiger charge is 2.35. The number of halogens is 1. The molecular formula is C23H20BrN3O2S. The Morgan fingerprint density at radius 3 is 2.80 bits per heavy atom. The maximum Gasteiger partial charge on any atom is 0.242 e. The van der Waals surface area contributed by atoms with Crippen molar-refractivity contribution in [2.75, 3.05) is 7.11 Å². The quantitative estimate of drug-likeness (QED) is 0.358. The van der Waals surface area contributed by atoms with Crippen molar-refractivity contribution in [1.29, 1.82) is 0 Å². The molecule has 1 unspecified atom stereocenters. The number of carbonyl (C=O) groups is 1. The van der Waals surface area contributed by atoms with Gasteiger partial charge in [0.25, 0.3) is 0 Å². The highest BCUT2D eigenvalue weighted by Crippen LogP contribution is 2.30. The van der Waals surface area contributed by atoms with Crippen molar-refractivity contribution in [3.63, 3.8) is 0 Å². The molecule has 7 heteroatoms. The summed E-state index contributed by atoms with van der Waals surface area (Å²) in [6, 6.07) is 20.0. The first-order chi connectivity index (χ1) is 14.6. The SMILES string of the molecule is COc1ccc(Br)cc1/C=N/N=C1\SC(C)C(=O)N1Cc1cccc2ccccc12. The van der Waals surface area contributed by atoms with Gasteiger partial charge in [-0.3, -0.25) is 9.69 Å². The average molecular weight is 482 g/mol. The molecule has 1 saturated heterocycles. The molecule has 1 fully saturated rings. The molecule has 1 atom stereocenters. The van der Waals surface area contributed by atoms with Crippen molar-refractivity contribution in [1.82, 2.24) is 4.90 Å². The third kappa shape index (κ3) is 4.27. The molecule has 152 valence electrons. The molecule has 0 N–H and O–H groups in total. The Morgan fingerprint density at radius 1 is 1.17 bits per heavy atom. The first-order valence-electron chi connectivity index (χ1n) is 9.46. The summed E-state index contributed by atoms with van der Waals surface area (Å²) in [6.45, 7) is 2.36. The van der Waals surface area contributed by atoms with Gasteiger partial charge in [-0.15, -0.1) is 5.10 Å². The number of amides is 1. The second kappa shape index (κ2) is 9.02. The molecule has 0 aliphatic carbocycles. The number of nitrogens with zero attached hydrogens (tertiary/aromatic N) is 3. The molecule has 1 heterocycles. The number of amidine groups is 1. The van der Waals surface area contributed by atoms with E-state index in [9.17, 15) is 4.79 Å². The van der Waals surface area contributed by atoms with Gasteiger partial charge in [0.05, 0.1) is 25.1 Å². The molecule has 0 aromatic heterocycles. The van der Waals surface area contributed by atoms with Gasteiger partial charge in [0.1, 0.15) is 5.75 Å². The van der Waals surface area contributed by atoms with Gasteiger partial charge in [0, 0.05) is 10.0 Å².